The second-order valence-electron chi connectivity index (χ2n) is 5.52. The Morgan fingerprint density at radius 1 is 1.17 bits per heavy atom. The third-order valence-electron chi connectivity index (χ3n) is 2.80. The predicted octanol–water partition coefficient (Wildman–Crippen LogP) is 1.42. The van der Waals surface area contributed by atoms with E-state index in [9.17, 15) is 26.4 Å². The molecule has 1 aromatic carbocycles. The Kier molecular flexibility index (Phi) is 7.68. The van der Waals surface area contributed by atoms with Gasteiger partial charge in [-0.2, -0.15) is 13.2 Å². The van der Waals surface area contributed by atoms with E-state index in [0.717, 1.165) is 24.3 Å². The maximum absolute atomic E-state index is 12.1. The van der Waals surface area contributed by atoms with Crippen LogP contribution in [-0.2, 0) is 10.0 Å². The summed E-state index contributed by atoms with van der Waals surface area (Å²) in [6, 6.07) is 4.54. The van der Waals surface area contributed by atoms with Crippen LogP contribution in [-0.4, -0.2) is 39.1 Å². The number of nitrogens with one attached hydrogen (secondary N) is 2. The van der Waals surface area contributed by atoms with Gasteiger partial charge >= 0.3 is 6.18 Å². The minimum atomic E-state index is -4.52. The summed E-state index contributed by atoms with van der Waals surface area (Å²) in [5.41, 5.74) is 4.52. The zero-order valence-electron chi connectivity index (χ0n) is 13.0. The molecule has 0 radical (unpaired) electrons. The van der Waals surface area contributed by atoms with E-state index in [2.05, 4.69) is 4.72 Å². The summed E-state index contributed by atoms with van der Waals surface area (Å²) in [6.07, 6.45) is -4.52. The van der Waals surface area contributed by atoms with Crippen LogP contribution in [0.25, 0.3) is 0 Å². The highest BCUT2D eigenvalue weighted by Crippen LogP contribution is 2.15. The van der Waals surface area contributed by atoms with Gasteiger partial charge in [0.05, 0.1) is 4.90 Å². The lowest BCUT2D eigenvalue weighted by Gasteiger charge is -2.23. The number of alkyl halides is 3. The first-order valence-electron chi connectivity index (χ1n) is 6.55. The van der Waals surface area contributed by atoms with E-state index in [1.54, 1.807) is 19.2 Å². The molecule has 4 N–H and O–H groups in total. The van der Waals surface area contributed by atoms with E-state index >= 15 is 0 Å². The summed E-state index contributed by atoms with van der Waals surface area (Å²) in [5.74, 6) is -0.943. The van der Waals surface area contributed by atoms with Gasteiger partial charge in [0.1, 0.15) is 6.54 Å². The van der Waals surface area contributed by atoms with Gasteiger partial charge in [-0.25, -0.2) is 13.1 Å². The molecule has 0 aliphatic carbocycles. The molecule has 6 nitrogen and oxygen atoms in total. The smallest absolute Gasteiger partial charge is 0.343 e. The zero-order valence-corrected chi connectivity index (χ0v) is 14.6. The van der Waals surface area contributed by atoms with Gasteiger partial charge in [0.25, 0.3) is 5.91 Å². The minimum absolute atomic E-state index is 0. The van der Waals surface area contributed by atoms with Crippen molar-refractivity contribution in [2.45, 2.75) is 30.5 Å². The molecule has 0 atom stereocenters. The van der Waals surface area contributed by atoms with Crippen LogP contribution < -0.4 is 15.8 Å². The summed E-state index contributed by atoms with van der Waals surface area (Å²) < 4.78 is 62.7. The van der Waals surface area contributed by atoms with Crippen molar-refractivity contribution >= 4 is 28.3 Å². The van der Waals surface area contributed by atoms with Gasteiger partial charge < -0.3 is 11.1 Å². The summed E-state index contributed by atoms with van der Waals surface area (Å²) >= 11 is 0. The van der Waals surface area contributed by atoms with Crippen molar-refractivity contribution in [3.8, 4) is 0 Å². The lowest BCUT2D eigenvalue weighted by atomic mass is 10.1. The highest BCUT2D eigenvalue weighted by molar-refractivity contribution is 7.89. The third kappa shape index (κ3) is 7.04. The molecule has 1 amide bonds. The van der Waals surface area contributed by atoms with Gasteiger partial charge in [0.2, 0.25) is 10.0 Å². The van der Waals surface area contributed by atoms with Crippen LogP contribution in [0.1, 0.15) is 24.2 Å². The van der Waals surface area contributed by atoms with Crippen LogP contribution in [0, 0.1) is 0 Å². The second-order valence-corrected chi connectivity index (χ2v) is 7.20. The average molecular weight is 390 g/mol. The van der Waals surface area contributed by atoms with E-state index in [1.807, 2.05) is 0 Å². The number of hydrogen-bond donors (Lipinski definition) is 3. The fourth-order valence-electron chi connectivity index (χ4n) is 1.53. The zero-order chi connectivity index (χ0) is 17.9. The quantitative estimate of drug-likeness (QED) is 0.684. The number of sulfonamides is 1. The third-order valence-corrected chi connectivity index (χ3v) is 4.51. The summed E-state index contributed by atoms with van der Waals surface area (Å²) in [6.45, 7) is 1.81. The highest BCUT2D eigenvalue weighted by Gasteiger charge is 2.28. The molecule has 0 unspecified atom stereocenters. The molecule has 0 saturated carbocycles. The summed E-state index contributed by atoms with van der Waals surface area (Å²) in [7, 11) is -3.85. The Morgan fingerprint density at radius 3 is 2.08 bits per heavy atom. The topological polar surface area (TPSA) is 101 Å². The molecule has 0 aromatic heterocycles. The van der Waals surface area contributed by atoms with Crippen LogP contribution in [0.3, 0.4) is 0 Å². The van der Waals surface area contributed by atoms with Crippen molar-refractivity contribution in [2.75, 3.05) is 13.1 Å². The van der Waals surface area contributed by atoms with Crippen LogP contribution >= 0.6 is 12.4 Å². The summed E-state index contributed by atoms with van der Waals surface area (Å²) in [5, 5.41) is 1.70. The van der Waals surface area contributed by atoms with E-state index in [0.29, 0.717) is 0 Å². The number of hydrogen-bond acceptors (Lipinski definition) is 4. The van der Waals surface area contributed by atoms with Gasteiger partial charge in [-0.15, -0.1) is 12.4 Å². The Bertz CT molecular complexity index is 661. The average Bonchev–Trinajstić information content (AvgIpc) is 2.43. The first-order chi connectivity index (χ1) is 10.4. The lowest BCUT2D eigenvalue weighted by molar-refractivity contribution is -0.123. The van der Waals surface area contributed by atoms with Crippen molar-refractivity contribution < 1.29 is 26.4 Å². The standard InChI is InChI=1S/C13H18F3N3O3S.ClH/c1-12(2,7-17)19-23(21,22)10-5-3-9(4-6-10)11(20)18-8-13(14,15)16;/h3-6,19H,7-8,17H2,1-2H3,(H,18,20);1H. The predicted molar refractivity (Wildman–Crippen MR) is 85.5 cm³/mol. The number of amides is 1. The number of carbonyl (C=O) groups is 1. The molecular weight excluding hydrogens is 371 g/mol. The first kappa shape index (κ1) is 22.6. The van der Waals surface area contributed by atoms with E-state index in [4.69, 9.17) is 5.73 Å². The summed E-state index contributed by atoms with van der Waals surface area (Å²) in [4.78, 5) is 11.4. The first-order valence-corrected chi connectivity index (χ1v) is 8.04. The molecule has 138 valence electrons. The number of benzene rings is 1. The largest absolute Gasteiger partial charge is 0.405 e. The molecule has 1 rings (SSSR count). The Morgan fingerprint density at radius 2 is 1.67 bits per heavy atom. The number of rotatable bonds is 6. The molecule has 0 aliphatic rings. The fourth-order valence-corrected chi connectivity index (χ4v) is 2.96. The minimum Gasteiger partial charge on any atom is -0.343 e. The molecule has 0 fully saturated rings. The molecule has 0 aliphatic heterocycles. The van der Waals surface area contributed by atoms with Crippen LogP contribution in [0.2, 0.25) is 0 Å². The Hall–Kier alpha value is -1.36. The van der Waals surface area contributed by atoms with E-state index in [-0.39, 0.29) is 29.4 Å². The normalized spacial score (nSPS) is 12.4. The maximum Gasteiger partial charge on any atom is 0.405 e. The van der Waals surface area contributed by atoms with E-state index in [1.165, 1.54) is 0 Å². The van der Waals surface area contributed by atoms with Crippen molar-refractivity contribution in [2.24, 2.45) is 5.73 Å². The van der Waals surface area contributed by atoms with Gasteiger partial charge in [-0.1, -0.05) is 0 Å². The van der Waals surface area contributed by atoms with Crippen molar-refractivity contribution in [1.29, 1.82) is 0 Å². The van der Waals surface area contributed by atoms with Gasteiger partial charge in [0.15, 0.2) is 0 Å². The lowest BCUT2D eigenvalue weighted by Crippen LogP contribution is -2.48. The van der Waals surface area contributed by atoms with E-state index < -0.39 is 34.2 Å². The molecule has 11 heteroatoms. The van der Waals surface area contributed by atoms with Gasteiger partial charge in [0, 0.05) is 17.6 Å². The van der Waals surface area contributed by atoms with Crippen LogP contribution in [0.15, 0.2) is 29.2 Å². The molecule has 0 heterocycles. The highest BCUT2D eigenvalue weighted by atomic mass is 35.5. The second kappa shape index (κ2) is 8.15. The molecule has 1 aromatic rings. The molecule has 0 bridgehead atoms. The number of carbonyl (C=O) groups excluding carboxylic acids is 1. The van der Waals surface area contributed by atoms with Crippen molar-refractivity contribution in [3.05, 3.63) is 29.8 Å². The van der Waals surface area contributed by atoms with Crippen LogP contribution in [0.4, 0.5) is 13.2 Å². The van der Waals surface area contributed by atoms with Crippen molar-refractivity contribution in [3.63, 3.8) is 0 Å². The molecule has 0 spiro atoms. The molecular formula is C13H19ClF3N3O3S. The van der Waals surface area contributed by atoms with Gasteiger partial charge in [-0.05, 0) is 38.1 Å². The maximum atomic E-state index is 12.1. The number of nitrogens with two attached hydrogens (primary N) is 1. The Balaban J connectivity index is 0.00000529. The monoisotopic (exact) mass is 389 g/mol. The van der Waals surface area contributed by atoms with Crippen LogP contribution in [0.5, 0.6) is 0 Å². The Labute approximate surface area is 144 Å². The fraction of sp³-hybridized carbons (Fsp3) is 0.462. The SMILES string of the molecule is CC(C)(CN)NS(=O)(=O)c1ccc(C(=O)NCC(F)(F)F)cc1.Cl. The number of halogens is 4. The van der Waals surface area contributed by atoms with Crippen molar-refractivity contribution in [1.82, 2.24) is 10.0 Å². The molecule has 24 heavy (non-hydrogen) atoms. The van der Waals surface area contributed by atoms with Gasteiger partial charge in [-0.3, -0.25) is 4.79 Å². The molecule has 0 saturated heterocycles.